The van der Waals surface area contributed by atoms with Crippen LogP contribution in [0.5, 0.6) is 0 Å². The molecule has 4 nitrogen and oxygen atoms in total. The predicted octanol–water partition coefficient (Wildman–Crippen LogP) is 2.92. The fourth-order valence-electron chi connectivity index (χ4n) is 2.95. The van der Waals surface area contributed by atoms with E-state index in [0.717, 1.165) is 18.4 Å². The van der Waals surface area contributed by atoms with Crippen LogP contribution in [0, 0.1) is 5.92 Å². The molecule has 128 valence electrons. The monoisotopic (exact) mass is 318 g/mol. The van der Waals surface area contributed by atoms with Crippen molar-refractivity contribution in [1.82, 2.24) is 5.32 Å². The van der Waals surface area contributed by atoms with E-state index in [1.165, 1.54) is 5.56 Å². The van der Waals surface area contributed by atoms with Crippen LogP contribution in [0.25, 0.3) is 0 Å². The van der Waals surface area contributed by atoms with Crippen molar-refractivity contribution < 1.29 is 9.53 Å². The van der Waals surface area contributed by atoms with Gasteiger partial charge in [0, 0.05) is 13.2 Å². The second-order valence-corrected chi connectivity index (χ2v) is 7.58. The zero-order chi connectivity index (χ0) is 17.0. The molecule has 0 bridgehead atoms. The molecule has 1 fully saturated rings. The Labute approximate surface area is 139 Å². The number of rotatable bonds is 4. The molecule has 0 aromatic heterocycles. The molecule has 2 rings (SSSR count). The van der Waals surface area contributed by atoms with Crippen LogP contribution in [0.1, 0.15) is 57.7 Å². The number of amides is 1. The number of benzene rings is 1. The molecule has 0 radical (unpaired) electrons. The van der Waals surface area contributed by atoms with Crippen LogP contribution < -0.4 is 11.1 Å². The Morgan fingerprint density at radius 3 is 2.30 bits per heavy atom. The van der Waals surface area contributed by atoms with Crippen molar-refractivity contribution >= 4 is 5.91 Å². The topological polar surface area (TPSA) is 64.4 Å². The van der Waals surface area contributed by atoms with Crippen molar-refractivity contribution in [3.05, 3.63) is 35.4 Å². The molecule has 0 saturated carbocycles. The highest BCUT2D eigenvalue weighted by molar-refractivity contribution is 5.82. The first-order chi connectivity index (χ1) is 10.8. The molecule has 1 saturated heterocycles. The minimum absolute atomic E-state index is 0.0394. The molecule has 1 aliphatic heterocycles. The van der Waals surface area contributed by atoms with Crippen LogP contribution in [0.15, 0.2) is 24.3 Å². The zero-order valence-electron chi connectivity index (χ0n) is 14.8. The van der Waals surface area contributed by atoms with E-state index < -0.39 is 6.04 Å². The summed E-state index contributed by atoms with van der Waals surface area (Å²) in [7, 11) is 0. The van der Waals surface area contributed by atoms with E-state index >= 15 is 0 Å². The molecule has 4 heteroatoms. The van der Waals surface area contributed by atoms with Crippen molar-refractivity contribution in [2.45, 2.75) is 58.0 Å². The Bertz CT molecular complexity index is 513. The third-order valence-electron chi connectivity index (χ3n) is 4.71. The molecule has 1 aromatic rings. The average molecular weight is 318 g/mol. The fraction of sp³-hybridized carbons (Fsp3) is 0.632. The Morgan fingerprint density at radius 1 is 1.22 bits per heavy atom. The minimum Gasteiger partial charge on any atom is -0.381 e. The summed E-state index contributed by atoms with van der Waals surface area (Å²) >= 11 is 0. The quantitative estimate of drug-likeness (QED) is 0.897. The highest BCUT2D eigenvalue weighted by atomic mass is 16.5. The Hall–Kier alpha value is -1.39. The summed E-state index contributed by atoms with van der Waals surface area (Å²) in [6, 6.07) is 7.96. The van der Waals surface area contributed by atoms with E-state index in [1.54, 1.807) is 0 Å². The van der Waals surface area contributed by atoms with Gasteiger partial charge in [0.25, 0.3) is 0 Å². The summed E-state index contributed by atoms with van der Waals surface area (Å²) in [5.41, 5.74) is 8.66. The van der Waals surface area contributed by atoms with Crippen molar-refractivity contribution in [2.24, 2.45) is 11.7 Å². The highest BCUT2D eigenvalue weighted by Gasteiger charge is 2.27. The number of hydrogen-bond donors (Lipinski definition) is 2. The van der Waals surface area contributed by atoms with Gasteiger partial charge < -0.3 is 15.8 Å². The van der Waals surface area contributed by atoms with Crippen LogP contribution >= 0.6 is 0 Å². The lowest BCUT2D eigenvalue weighted by molar-refractivity contribution is -0.125. The van der Waals surface area contributed by atoms with Crippen molar-refractivity contribution in [3.63, 3.8) is 0 Å². The summed E-state index contributed by atoms with van der Waals surface area (Å²) in [5.74, 6) is 0.156. The third-order valence-corrected chi connectivity index (χ3v) is 4.71. The first-order valence-corrected chi connectivity index (χ1v) is 8.53. The summed E-state index contributed by atoms with van der Waals surface area (Å²) in [5, 5.41) is 3.05. The summed E-state index contributed by atoms with van der Waals surface area (Å²) < 4.78 is 5.33. The van der Waals surface area contributed by atoms with Crippen LogP contribution in [0.3, 0.4) is 0 Å². The fourth-order valence-corrected chi connectivity index (χ4v) is 2.95. The van der Waals surface area contributed by atoms with Crippen molar-refractivity contribution in [1.29, 1.82) is 0 Å². The van der Waals surface area contributed by atoms with Crippen LogP contribution in [-0.2, 0) is 14.9 Å². The molecule has 3 N–H and O–H groups in total. The van der Waals surface area contributed by atoms with E-state index in [4.69, 9.17) is 10.5 Å². The average Bonchev–Trinajstić information content (AvgIpc) is 2.54. The standard InChI is InChI=1S/C19H30N2O2/c1-13(14-5-7-16(8-6-14)19(2,3)4)21-18(22)17(20)15-9-11-23-12-10-15/h5-8,13,15,17H,9-12,20H2,1-4H3,(H,21,22). The number of carbonyl (C=O) groups is 1. The highest BCUT2D eigenvalue weighted by Crippen LogP contribution is 2.24. The maximum Gasteiger partial charge on any atom is 0.237 e. The van der Waals surface area contributed by atoms with Gasteiger partial charge in [-0.15, -0.1) is 0 Å². The second kappa shape index (κ2) is 7.45. The molecule has 23 heavy (non-hydrogen) atoms. The largest absolute Gasteiger partial charge is 0.381 e. The maximum atomic E-state index is 12.4. The van der Waals surface area contributed by atoms with E-state index in [2.05, 4.69) is 50.4 Å². The Morgan fingerprint density at radius 2 is 1.78 bits per heavy atom. The lowest BCUT2D eigenvalue weighted by Crippen LogP contribution is -2.47. The molecule has 2 atom stereocenters. The SMILES string of the molecule is CC(NC(=O)C(N)C1CCOCC1)c1ccc(C(C)(C)C)cc1. The lowest BCUT2D eigenvalue weighted by Gasteiger charge is -2.28. The number of nitrogens with two attached hydrogens (primary N) is 1. The first kappa shape index (κ1) is 18.0. The van der Waals surface area contributed by atoms with Gasteiger partial charge in [-0.2, -0.15) is 0 Å². The molecular formula is C19H30N2O2. The lowest BCUT2D eigenvalue weighted by atomic mass is 9.86. The van der Waals surface area contributed by atoms with Crippen LogP contribution in [-0.4, -0.2) is 25.2 Å². The number of nitrogens with one attached hydrogen (secondary N) is 1. The van der Waals surface area contributed by atoms with Crippen LogP contribution in [0.2, 0.25) is 0 Å². The van der Waals surface area contributed by atoms with Gasteiger partial charge in [-0.25, -0.2) is 0 Å². The van der Waals surface area contributed by atoms with Crippen molar-refractivity contribution in [3.8, 4) is 0 Å². The summed E-state index contributed by atoms with van der Waals surface area (Å²) in [6.07, 6.45) is 1.73. The Kier molecular flexibility index (Phi) is 5.82. The first-order valence-electron chi connectivity index (χ1n) is 8.53. The molecule has 1 heterocycles. The van der Waals surface area contributed by atoms with E-state index in [1.807, 2.05) is 6.92 Å². The van der Waals surface area contributed by atoms with Crippen LogP contribution in [0.4, 0.5) is 0 Å². The van der Waals surface area contributed by atoms with Gasteiger partial charge in [0.2, 0.25) is 5.91 Å². The maximum absolute atomic E-state index is 12.4. The predicted molar refractivity (Wildman–Crippen MR) is 93.2 cm³/mol. The molecule has 0 spiro atoms. The van der Waals surface area contributed by atoms with E-state index in [-0.39, 0.29) is 23.3 Å². The molecule has 1 aliphatic rings. The number of carbonyl (C=O) groups excluding carboxylic acids is 1. The molecule has 1 amide bonds. The summed E-state index contributed by atoms with van der Waals surface area (Å²) in [4.78, 5) is 12.4. The van der Waals surface area contributed by atoms with E-state index in [9.17, 15) is 4.79 Å². The van der Waals surface area contributed by atoms with E-state index in [0.29, 0.717) is 13.2 Å². The van der Waals surface area contributed by atoms with Crippen molar-refractivity contribution in [2.75, 3.05) is 13.2 Å². The van der Waals surface area contributed by atoms with Gasteiger partial charge in [0.05, 0.1) is 12.1 Å². The number of ether oxygens (including phenoxy) is 1. The van der Waals surface area contributed by atoms with Gasteiger partial charge in [-0.1, -0.05) is 45.0 Å². The minimum atomic E-state index is -0.449. The van der Waals surface area contributed by atoms with Gasteiger partial charge in [-0.05, 0) is 42.2 Å². The Balaban J connectivity index is 1.95. The van der Waals surface area contributed by atoms with Gasteiger partial charge in [0.15, 0.2) is 0 Å². The normalized spacial score (nSPS) is 19.2. The zero-order valence-corrected chi connectivity index (χ0v) is 14.8. The molecule has 2 unspecified atom stereocenters. The molecular weight excluding hydrogens is 288 g/mol. The third kappa shape index (κ3) is 4.79. The molecule has 1 aromatic carbocycles. The second-order valence-electron chi connectivity index (χ2n) is 7.58. The van der Waals surface area contributed by atoms with Gasteiger partial charge >= 0.3 is 0 Å². The van der Waals surface area contributed by atoms with Gasteiger partial charge in [0.1, 0.15) is 0 Å². The summed E-state index contributed by atoms with van der Waals surface area (Å²) in [6.45, 7) is 9.99. The molecule has 0 aliphatic carbocycles. The number of hydrogen-bond acceptors (Lipinski definition) is 3. The smallest absolute Gasteiger partial charge is 0.237 e. The van der Waals surface area contributed by atoms with Gasteiger partial charge in [-0.3, -0.25) is 4.79 Å².